The zero-order chi connectivity index (χ0) is 12.7. The van der Waals surface area contributed by atoms with Gasteiger partial charge in [0.05, 0.1) is 0 Å². The number of aldehydes is 1. The van der Waals surface area contributed by atoms with Crippen molar-refractivity contribution in [3.05, 3.63) is 35.9 Å². The van der Waals surface area contributed by atoms with Crippen LogP contribution < -0.4 is 0 Å². The molecule has 0 spiro atoms. The first-order chi connectivity index (χ1) is 8.15. The molecule has 2 atom stereocenters. The Hall–Kier alpha value is -1.44. The molecule has 0 saturated carbocycles. The third-order valence-corrected chi connectivity index (χ3v) is 3.10. The summed E-state index contributed by atoms with van der Waals surface area (Å²) in [6, 6.07) is 9.82. The van der Waals surface area contributed by atoms with E-state index >= 15 is 0 Å². The van der Waals surface area contributed by atoms with E-state index in [1.54, 1.807) is 0 Å². The molecule has 1 aromatic rings. The summed E-state index contributed by atoms with van der Waals surface area (Å²) in [4.78, 5) is 22.4. The van der Waals surface area contributed by atoms with Crippen molar-refractivity contribution in [2.75, 3.05) is 0 Å². The molecule has 17 heavy (non-hydrogen) atoms. The van der Waals surface area contributed by atoms with E-state index in [9.17, 15) is 9.59 Å². The van der Waals surface area contributed by atoms with Gasteiger partial charge in [0.25, 0.3) is 0 Å². The lowest BCUT2D eigenvalue weighted by Gasteiger charge is -2.11. The second-order valence-corrected chi connectivity index (χ2v) is 4.60. The lowest BCUT2D eigenvalue weighted by Crippen LogP contribution is -2.09. The van der Waals surface area contributed by atoms with Gasteiger partial charge in [0, 0.05) is 18.3 Å². The highest BCUT2D eigenvalue weighted by molar-refractivity contribution is 5.85. The standard InChI is InChI=1S/C15H20O2/c1-12(11-16)7-6-10-15(17)13(2)14-8-4-3-5-9-14/h3-5,8-9,11-13H,6-7,10H2,1-2H3. The molecule has 0 radical (unpaired) electrons. The van der Waals surface area contributed by atoms with Crippen molar-refractivity contribution in [3.63, 3.8) is 0 Å². The van der Waals surface area contributed by atoms with Crippen molar-refractivity contribution in [2.24, 2.45) is 5.92 Å². The molecular weight excluding hydrogens is 212 g/mol. The zero-order valence-electron chi connectivity index (χ0n) is 10.6. The molecule has 0 saturated heterocycles. The van der Waals surface area contributed by atoms with Gasteiger partial charge in [-0.25, -0.2) is 0 Å². The van der Waals surface area contributed by atoms with Crippen LogP contribution in [0.5, 0.6) is 0 Å². The fourth-order valence-corrected chi connectivity index (χ4v) is 1.81. The van der Waals surface area contributed by atoms with E-state index < -0.39 is 0 Å². The summed E-state index contributed by atoms with van der Waals surface area (Å²) in [5.41, 5.74) is 1.07. The molecule has 0 fully saturated rings. The molecule has 2 unspecified atom stereocenters. The molecule has 0 heterocycles. The number of hydrogen-bond donors (Lipinski definition) is 0. The molecule has 2 heteroatoms. The highest BCUT2D eigenvalue weighted by atomic mass is 16.1. The van der Waals surface area contributed by atoms with Crippen molar-refractivity contribution >= 4 is 12.1 Å². The van der Waals surface area contributed by atoms with Crippen molar-refractivity contribution in [2.45, 2.75) is 39.0 Å². The van der Waals surface area contributed by atoms with E-state index in [0.29, 0.717) is 6.42 Å². The van der Waals surface area contributed by atoms with Gasteiger partial charge >= 0.3 is 0 Å². The Morgan fingerprint density at radius 3 is 2.47 bits per heavy atom. The van der Waals surface area contributed by atoms with Crippen LogP contribution in [-0.4, -0.2) is 12.1 Å². The molecule has 0 N–H and O–H groups in total. The van der Waals surface area contributed by atoms with Gasteiger partial charge in [0.1, 0.15) is 12.1 Å². The first-order valence-corrected chi connectivity index (χ1v) is 6.18. The number of rotatable bonds is 7. The minimum atomic E-state index is -0.0391. The summed E-state index contributed by atoms with van der Waals surface area (Å²) < 4.78 is 0. The lowest BCUT2D eigenvalue weighted by molar-refractivity contribution is -0.120. The zero-order valence-corrected chi connectivity index (χ0v) is 10.6. The summed E-state index contributed by atoms with van der Waals surface area (Å²) in [6.07, 6.45) is 3.12. The third kappa shape index (κ3) is 4.51. The fraction of sp³-hybridized carbons (Fsp3) is 0.467. The highest BCUT2D eigenvalue weighted by Crippen LogP contribution is 2.19. The minimum absolute atomic E-state index is 0.0391. The van der Waals surface area contributed by atoms with E-state index in [-0.39, 0.29) is 17.6 Å². The number of ketones is 1. The highest BCUT2D eigenvalue weighted by Gasteiger charge is 2.14. The number of carbonyl (C=O) groups excluding carboxylic acids is 2. The predicted octanol–water partition coefficient (Wildman–Crippen LogP) is 3.36. The molecule has 92 valence electrons. The summed E-state index contributed by atoms with van der Waals surface area (Å²) in [7, 11) is 0. The Morgan fingerprint density at radius 2 is 1.88 bits per heavy atom. The van der Waals surface area contributed by atoms with Gasteiger partial charge in [0.2, 0.25) is 0 Å². The molecule has 0 aliphatic heterocycles. The van der Waals surface area contributed by atoms with Crippen LogP contribution in [0, 0.1) is 5.92 Å². The van der Waals surface area contributed by atoms with Crippen LogP contribution in [0.2, 0.25) is 0 Å². The summed E-state index contributed by atoms with van der Waals surface area (Å²) in [5, 5.41) is 0. The fourth-order valence-electron chi connectivity index (χ4n) is 1.81. The van der Waals surface area contributed by atoms with Gasteiger partial charge in [-0.3, -0.25) is 4.79 Å². The Kier molecular flexibility index (Phi) is 5.61. The van der Waals surface area contributed by atoms with E-state index in [0.717, 1.165) is 24.7 Å². The first kappa shape index (κ1) is 13.6. The molecule has 1 aromatic carbocycles. The van der Waals surface area contributed by atoms with Crippen molar-refractivity contribution in [1.82, 2.24) is 0 Å². The van der Waals surface area contributed by atoms with Crippen molar-refractivity contribution < 1.29 is 9.59 Å². The molecule has 0 aliphatic rings. The number of carbonyl (C=O) groups is 2. The van der Waals surface area contributed by atoms with Gasteiger partial charge in [0.15, 0.2) is 0 Å². The second-order valence-electron chi connectivity index (χ2n) is 4.60. The second kappa shape index (κ2) is 7.00. The lowest BCUT2D eigenvalue weighted by atomic mass is 9.93. The minimum Gasteiger partial charge on any atom is -0.303 e. The Morgan fingerprint density at radius 1 is 1.24 bits per heavy atom. The number of hydrogen-bond acceptors (Lipinski definition) is 2. The first-order valence-electron chi connectivity index (χ1n) is 6.18. The van der Waals surface area contributed by atoms with Crippen LogP contribution in [0.25, 0.3) is 0 Å². The molecular formula is C15H20O2. The van der Waals surface area contributed by atoms with Gasteiger partial charge in [-0.1, -0.05) is 44.2 Å². The van der Waals surface area contributed by atoms with E-state index in [1.165, 1.54) is 0 Å². The van der Waals surface area contributed by atoms with Crippen LogP contribution in [0.3, 0.4) is 0 Å². The maximum absolute atomic E-state index is 11.9. The summed E-state index contributed by atoms with van der Waals surface area (Å²) >= 11 is 0. The van der Waals surface area contributed by atoms with E-state index in [1.807, 2.05) is 44.2 Å². The van der Waals surface area contributed by atoms with Gasteiger partial charge in [-0.2, -0.15) is 0 Å². The average molecular weight is 232 g/mol. The maximum Gasteiger partial charge on any atom is 0.140 e. The normalized spacial score (nSPS) is 14.0. The smallest absolute Gasteiger partial charge is 0.140 e. The summed E-state index contributed by atoms with van der Waals surface area (Å²) in [5.74, 6) is 0.284. The van der Waals surface area contributed by atoms with Crippen LogP contribution in [0.1, 0.15) is 44.6 Å². The topological polar surface area (TPSA) is 34.1 Å². The van der Waals surface area contributed by atoms with Gasteiger partial charge in [-0.15, -0.1) is 0 Å². The molecule has 0 bridgehead atoms. The Bertz CT molecular complexity index is 356. The van der Waals surface area contributed by atoms with Gasteiger partial charge < -0.3 is 4.79 Å². The third-order valence-electron chi connectivity index (χ3n) is 3.10. The SMILES string of the molecule is CC(C=O)CCCC(=O)C(C)c1ccccc1. The van der Waals surface area contributed by atoms with Crippen LogP contribution in [0.15, 0.2) is 30.3 Å². The molecule has 2 nitrogen and oxygen atoms in total. The predicted molar refractivity (Wildman–Crippen MR) is 68.9 cm³/mol. The van der Waals surface area contributed by atoms with E-state index in [4.69, 9.17) is 0 Å². The number of Topliss-reactive ketones (excluding diaryl/α,β-unsaturated/α-hetero) is 1. The molecule has 0 aliphatic carbocycles. The van der Waals surface area contributed by atoms with E-state index in [2.05, 4.69) is 0 Å². The Balaban J connectivity index is 2.40. The maximum atomic E-state index is 11.9. The quantitative estimate of drug-likeness (QED) is 0.675. The van der Waals surface area contributed by atoms with Crippen LogP contribution in [0.4, 0.5) is 0 Å². The van der Waals surface area contributed by atoms with Gasteiger partial charge in [-0.05, 0) is 18.4 Å². The van der Waals surface area contributed by atoms with Crippen LogP contribution >= 0.6 is 0 Å². The number of benzene rings is 1. The van der Waals surface area contributed by atoms with Crippen molar-refractivity contribution in [3.8, 4) is 0 Å². The molecule has 0 aromatic heterocycles. The monoisotopic (exact) mass is 232 g/mol. The largest absolute Gasteiger partial charge is 0.303 e. The Labute approximate surface area is 103 Å². The van der Waals surface area contributed by atoms with Crippen molar-refractivity contribution in [1.29, 1.82) is 0 Å². The van der Waals surface area contributed by atoms with Crippen LogP contribution in [-0.2, 0) is 9.59 Å². The molecule has 0 amide bonds. The average Bonchev–Trinajstić information content (AvgIpc) is 2.38. The summed E-state index contributed by atoms with van der Waals surface area (Å²) in [6.45, 7) is 3.83. The molecule has 1 rings (SSSR count).